The van der Waals surface area contributed by atoms with Gasteiger partial charge in [-0.25, -0.2) is 13.6 Å². The van der Waals surface area contributed by atoms with Crippen molar-refractivity contribution in [2.75, 3.05) is 18.0 Å². The van der Waals surface area contributed by atoms with E-state index < -0.39 is 34.6 Å². The van der Waals surface area contributed by atoms with E-state index in [1.165, 1.54) is 9.47 Å². The number of nitrogens with two attached hydrogens (primary N) is 1. The predicted molar refractivity (Wildman–Crippen MR) is 130 cm³/mol. The highest BCUT2D eigenvalue weighted by molar-refractivity contribution is 5.94. The first kappa shape index (κ1) is 23.9. The highest BCUT2D eigenvalue weighted by atomic mass is 19.1. The van der Waals surface area contributed by atoms with Gasteiger partial charge in [-0.05, 0) is 37.3 Å². The molecule has 36 heavy (non-hydrogen) atoms. The van der Waals surface area contributed by atoms with Gasteiger partial charge in [0.2, 0.25) is 11.3 Å². The lowest BCUT2D eigenvalue weighted by molar-refractivity contribution is -0.122. The van der Waals surface area contributed by atoms with Crippen molar-refractivity contribution >= 4 is 28.5 Å². The quantitative estimate of drug-likeness (QED) is 0.463. The maximum Gasteiger partial charge on any atom is 0.341 e. The van der Waals surface area contributed by atoms with Crippen molar-refractivity contribution in [2.45, 2.75) is 43.8 Å². The number of carboxylic acids is 1. The zero-order chi connectivity index (χ0) is 25.6. The summed E-state index contributed by atoms with van der Waals surface area (Å²) >= 11 is 0. The lowest BCUT2D eigenvalue weighted by Crippen LogP contribution is -2.47. The maximum atomic E-state index is 15.8. The van der Waals surface area contributed by atoms with Crippen molar-refractivity contribution in [3.05, 3.63) is 75.6 Å². The molecule has 1 aromatic heterocycles. The molecular formula is C26H26F2N4O4. The fourth-order valence-electron chi connectivity index (χ4n) is 4.86. The first-order valence-electron chi connectivity index (χ1n) is 11.9. The number of aromatic nitrogens is 1. The van der Waals surface area contributed by atoms with Crippen LogP contribution in [0.3, 0.4) is 0 Å². The van der Waals surface area contributed by atoms with E-state index in [4.69, 9.17) is 5.73 Å². The zero-order valence-corrected chi connectivity index (χ0v) is 19.4. The molecule has 0 unspecified atom stereocenters. The second-order valence-electron chi connectivity index (χ2n) is 9.47. The molecule has 1 amide bonds. The van der Waals surface area contributed by atoms with Gasteiger partial charge >= 0.3 is 5.97 Å². The monoisotopic (exact) mass is 496 g/mol. The molecule has 2 atom stereocenters. The molecule has 1 saturated heterocycles. The average molecular weight is 497 g/mol. The summed E-state index contributed by atoms with van der Waals surface area (Å²) in [5.41, 5.74) is 5.17. The number of fused-ring (bicyclic) bond motifs is 1. The molecule has 1 saturated carbocycles. The predicted octanol–water partition coefficient (Wildman–Crippen LogP) is 2.58. The molecule has 2 aromatic carbocycles. The first-order chi connectivity index (χ1) is 17.2. The van der Waals surface area contributed by atoms with E-state index in [1.54, 1.807) is 0 Å². The number of aromatic carboxylic acids is 1. The molecule has 5 rings (SSSR count). The Morgan fingerprint density at radius 2 is 1.89 bits per heavy atom. The fraction of sp³-hybridized carbons (Fsp3) is 0.346. The van der Waals surface area contributed by atoms with Gasteiger partial charge in [-0.2, -0.15) is 0 Å². The molecular weight excluding hydrogens is 470 g/mol. The summed E-state index contributed by atoms with van der Waals surface area (Å²) < 4.78 is 32.4. The second kappa shape index (κ2) is 9.34. The van der Waals surface area contributed by atoms with Gasteiger partial charge in [-0.3, -0.25) is 9.59 Å². The number of halogens is 2. The van der Waals surface area contributed by atoms with Gasteiger partial charge in [0.05, 0.1) is 16.9 Å². The molecule has 188 valence electrons. The minimum Gasteiger partial charge on any atom is -0.477 e. The Morgan fingerprint density at radius 3 is 2.56 bits per heavy atom. The molecule has 2 heterocycles. The van der Waals surface area contributed by atoms with Gasteiger partial charge in [0.25, 0.3) is 0 Å². The molecule has 2 aliphatic rings. The Labute approximate surface area is 205 Å². The van der Waals surface area contributed by atoms with E-state index in [0.717, 1.165) is 17.8 Å². The van der Waals surface area contributed by atoms with Crippen LogP contribution in [0.1, 0.15) is 41.2 Å². The molecule has 4 N–H and O–H groups in total. The number of hydrogen-bond donors (Lipinski definition) is 3. The van der Waals surface area contributed by atoms with Crippen LogP contribution in [0.2, 0.25) is 0 Å². The number of nitrogens with zero attached hydrogens (tertiary/aromatic N) is 2. The van der Waals surface area contributed by atoms with Crippen molar-refractivity contribution in [3.8, 4) is 0 Å². The molecule has 8 nitrogen and oxygen atoms in total. The van der Waals surface area contributed by atoms with Gasteiger partial charge in [0.15, 0.2) is 5.82 Å². The second-order valence-corrected chi connectivity index (χ2v) is 9.47. The molecule has 0 radical (unpaired) electrons. The number of hydrogen-bond acceptors (Lipinski definition) is 5. The fourth-order valence-corrected chi connectivity index (χ4v) is 4.86. The molecule has 0 spiro atoms. The van der Waals surface area contributed by atoms with Crippen LogP contribution in [0.15, 0.2) is 47.4 Å². The number of anilines is 1. The Hall–Kier alpha value is -3.79. The Kier molecular flexibility index (Phi) is 6.21. The van der Waals surface area contributed by atoms with E-state index in [2.05, 4.69) is 5.32 Å². The van der Waals surface area contributed by atoms with E-state index in [0.29, 0.717) is 32.2 Å². The molecule has 3 aromatic rings. The number of amides is 1. The Bertz CT molecular complexity index is 1400. The minimum absolute atomic E-state index is 0.0960. The third-order valence-electron chi connectivity index (χ3n) is 6.84. The largest absolute Gasteiger partial charge is 0.477 e. The van der Waals surface area contributed by atoms with E-state index in [1.807, 2.05) is 30.3 Å². The summed E-state index contributed by atoms with van der Waals surface area (Å²) in [6.07, 6.45) is 3.41. The van der Waals surface area contributed by atoms with Gasteiger partial charge in [0, 0.05) is 31.4 Å². The Balaban J connectivity index is 1.39. The summed E-state index contributed by atoms with van der Waals surface area (Å²) in [5.74, 6) is -3.63. The van der Waals surface area contributed by atoms with Gasteiger partial charge < -0.3 is 25.6 Å². The summed E-state index contributed by atoms with van der Waals surface area (Å²) in [6.45, 7) is 0.461. The number of rotatable bonds is 7. The molecule has 10 heteroatoms. The maximum absolute atomic E-state index is 15.8. The van der Waals surface area contributed by atoms with Crippen LogP contribution < -0.4 is 21.4 Å². The van der Waals surface area contributed by atoms with Crippen LogP contribution in [0, 0.1) is 11.6 Å². The van der Waals surface area contributed by atoms with E-state index in [-0.39, 0.29) is 41.1 Å². The lowest BCUT2D eigenvalue weighted by atomic mass is 10.1. The summed E-state index contributed by atoms with van der Waals surface area (Å²) in [5, 5.41) is 12.0. The van der Waals surface area contributed by atoms with Crippen molar-refractivity contribution in [2.24, 2.45) is 5.73 Å². The number of carbonyl (C=O) groups is 2. The molecule has 2 fully saturated rings. The number of pyridine rings is 1. The van der Waals surface area contributed by atoms with Crippen LogP contribution in [0.5, 0.6) is 0 Å². The summed E-state index contributed by atoms with van der Waals surface area (Å²) in [6, 6.07) is 9.05. The first-order valence-corrected chi connectivity index (χ1v) is 11.9. The van der Waals surface area contributed by atoms with Gasteiger partial charge in [-0.1, -0.05) is 30.3 Å². The SMILES string of the molecule is N[C@@H](Cc1ccccc1)C(=O)N[C@H]1CCN(c2c(F)cc3c(=O)c(C(=O)O)cn(C4CC4)c3c2F)C1. The number of benzene rings is 2. The normalized spacial score (nSPS) is 18.4. The van der Waals surface area contributed by atoms with Crippen molar-refractivity contribution in [3.63, 3.8) is 0 Å². The van der Waals surface area contributed by atoms with E-state index in [9.17, 15) is 19.5 Å². The lowest BCUT2D eigenvalue weighted by Gasteiger charge is -2.23. The molecule has 0 bridgehead atoms. The van der Waals surface area contributed by atoms with Crippen molar-refractivity contribution in [1.29, 1.82) is 0 Å². The number of carbonyl (C=O) groups excluding carboxylic acids is 1. The van der Waals surface area contributed by atoms with E-state index >= 15 is 8.78 Å². The van der Waals surface area contributed by atoms with Crippen LogP contribution in [0.25, 0.3) is 10.9 Å². The molecule has 1 aliphatic heterocycles. The third-order valence-corrected chi connectivity index (χ3v) is 6.84. The van der Waals surface area contributed by atoms with Crippen molar-refractivity contribution in [1.82, 2.24) is 9.88 Å². The van der Waals surface area contributed by atoms with Gasteiger partial charge in [0.1, 0.15) is 17.1 Å². The van der Waals surface area contributed by atoms with Crippen molar-refractivity contribution < 1.29 is 23.5 Å². The summed E-state index contributed by atoms with van der Waals surface area (Å²) in [4.78, 5) is 38.3. The zero-order valence-electron chi connectivity index (χ0n) is 19.4. The van der Waals surface area contributed by atoms with Crippen LogP contribution in [-0.4, -0.2) is 46.7 Å². The highest BCUT2D eigenvalue weighted by Gasteiger charge is 2.33. The topological polar surface area (TPSA) is 118 Å². The average Bonchev–Trinajstić information content (AvgIpc) is 3.59. The number of carboxylic acid groups (broad SMARTS) is 1. The van der Waals surface area contributed by atoms with Gasteiger partial charge in [-0.15, -0.1) is 0 Å². The smallest absolute Gasteiger partial charge is 0.341 e. The third kappa shape index (κ3) is 4.44. The summed E-state index contributed by atoms with van der Waals surface area (Å²) in [7, 11) is 0. The molecule has 1 aliphatic carbocycles. The standard InChI is InChI=1S/C26H26F2N4O4/c27-19-11-17-22(32(16-6-7-16)13-18(24(17)33)26(35)36)21(28)23(19)31-9-8-15(12-31)30-25(34)20(29)10-14-4-2-1-3-5-14/h1-5,11,13,15-16,20H,6-10,12,29H2,(H,30,34)(H,35,36)/t15-,20-/m0/s1. The highest BCUT2D eigenvalue weighted by Crippen LogP contribution is 2.40. The van der Waals surface area contributed by atoms with Crippen LogP contribution in [0.4, 0.5) is 14.5 Å². The van der Waals surface area contributed by atoms with Crippen LogP contribution in [-0.2, 0) is 11.2 Å². The Morgan fingerprint density at radius 1 is 1.17 bits per heavy atom. The number of nitrogens with one attached hydrogen (secondary N) is 1. The van der Waals surface area contributed by atoms with Crippen LogP contribution >= 0.6 is 0 Å². The minimum atomic E-state index is -1.44.